The molecule has 0 heterocycles. The second-order valence-corrected chi connectivity index (χ2v) is 14.3. The van der Waals surface area contributed by atoms with Gasteiger partial charge in [0.1, 0.15) is 5.78 Å². The highest BCUT2D eigenvalue weighted by molar-refractivity contribution is 5.82. The lowest BCUT2D eigenvalue weighted by Crippen LogP contribution is -2.52. The maximum absolute atomic E-state index is 12.4. The standard InChI is InChI=1S/C32H52O4/c1-21(2)7-6-16-32(5,36)28-12-11-26-25-10-8-23-19-22(20-24(33)9-13-29(34)35)14-17-30(23,3)27(25)15-18-31(26,28)4/h8,21-22,25-28,36H,6-7,9-20H2,1-5H3,(H,34,35)/t22-,25-,26-,27-,28-,30-,31-,32?/m0/s1. The highest BCUT2D eigenvalue weighted by Gasteiger charge is 2.61. The Morgan fingerprint density at radius 1 is 1.08 bits per heavy atom. The van der Waals surface area contributed by atoms with Gasteiger partial charge in [-0.05, 0) is 111 Å². The molecule has 36 heavy (non-hydrogen) atoms. The van der Waals surface area contributed by atoms with E-state index in [1.54, 1.807) is 5.57 Å². The third-order valence-electron chi connectivity index (χ3n) is 11.6. The van der Waals surface area contributed by atoms with E-state index >= 15 is 0 Å². The summed E-state index contributed by atoms with van der Waals surface area (Å²) < 4.78 is 0. The van der Waals surface area contributed by atoms with Crippen molar-refractivity contribution >= 4 is 11.8 Å². The van der Waals surface area contributed by atoms with E-state index in [-0.39, 0.29) is 29.5 Å². The van der Waals surface area contributed by atoms with Crippen LogP contribution in [-0.2, 0) is 9.59 Å². The number of aliphatic carboxylic acids is 1. The van der Waals surface area contributed by atoms with Gasteiger partial charge in [-0.15, -0.1) is 0 Å². The Balaban J connectivity index is 1.43. The topological polar surface area (TPSA) is 74.6 Å². The molecule has 0 spiro atoms. The first-order valence-corrected chi connectivity index (χ1v) is 15.0. The first-order valence-electron chi connectivity index (χ1n) is 15.0. The summed E-state index contributed by atoms with van der Waals surface area (Å²) in [5, 5.41) is 20.6. The summed E-state index contributed by atoms with van der Waals surface area (Å²) in [5.74, 6) is 2.89. The molecule has 4 aliphatic rings. The maximum Gasteiger partial charge on any atom is 0.303 e. The number of carbonyl (C=O) groups is 2. The number of ketones is 1. The van der Waals surface area contributed by atoms with Crippen molar-refractivity contribution in [2.24, 2.45) is 46.3 Å². The van der Waals surface area contributed by atoms with Crippen LogP contribution < -0.4 is 0 Å². The van der Waals surface area contributed by atoms with Crippen molar-refractivity contribution in [1.82, 2.24) is 0 Å². The third kappa shape index (κ3) is 5.36. The molecule has 3 saturated carbocycles. The van der Waals surface area contributed by atoms with Crippen LogP contribution in [0.15, 0.2) is 11.6 Å². The fourth-order valence-corrected chi connectivity index (χ4v) is 9.64. The van der Waals surface area contributed by atoms with Crippen LogP contribution in [0.2, 0.25) is 0 Å². The number of allylic oxidation sites excluding steroid dienone is 2. The number of aliphatic hydroxyl groups is 1. The molecule has 0 saturated heterocycles. The van der Waals surface area contributed by atoms with Crippen LogP contribution in [0, 0.1) is 46.3 Å². The summed E-state index contributed by atoms with van der Waals surface area (Å²) in [5.41, 5.74) is 1.53. The minimum absolute atomic E-state index is 0.0402. The van der Waals surface area contributed by atoms with E-state index in [0.29, 0.717) is 30.1 Å². The SMILES string of the molecule is CC(C)CCCC(C)(O)[C@H]1CC[C@H]2[C@@H]3CC=C4C[C@@H](CC(=O)CCC(=O)O)CC[C@]4(C)[C@H]3CC[C@]12C. The normalized spacial score (nSPS) is 39.5. The molecule has 204 valence electrons. The molecule has 0 amide bonds. The van der Waals surface area contributed by atoms with E-state index in [0.717, 1.165) is 50.4 Å². The predicted octanol–water partition coefficient (Wildman–Crippen LogP) is 7.58. The van der Waals surface area contributed by atoms with E-state index in [9.17, 15) is 14.7 Å². The summed E-state index contributed by atoms with van der Waals surface area (Å²) in [7, 11) is 0. The first-order chi connectivity index (χ1) is 16.9. The van der Waals surface area contributed by atoms with E-state index in [1.165, 1.54) is 32.1 Å². The van der Waals surface area contributed by atoms with E-state index in [4.69, 9.17) is 5.11 Å². The molecule has 0 radical (unpaired) electrons. The largest absolute Gasteiger partial charge is 0.481 e. The van der Waals surface area contributed by atoms with Crippen LogP contribution in [0.3, 0.4) is 0 Å². The minimum atomic E-state index is -0.879. The molecule has 0 aromatic rings. The van der Waals surface area contributed by atoms with Crippen LogP contribution in [0.25, 0.3) is 0 Å². The van der Waals surface area contributed by atoms with Crippen LogP contribution in [0.1, 0.15) is 125 Å². The van der Waals surface area contributed by atoms with Gasteiger partial charge in [-0.2, -0.15) is 0 Å². The number of carboxylic acid groups (broad SMARTS) is 1. The number of carboxylic acids is 1. The van der Waals surface area contributed by atoms with Gasteiger partial charge in [0.05, 0.1) is 12.0 Å². The van der Waals surface area contributed by atoms with Gasteiger partial charge in [0, 0.05) is 12.8 Å². The predicted molar refractivity (Wildman–Crippen MR) is 144 cm³/mol. The summed E-state index contributed by atoms with van der Waals surface area (Å²) in [6.07, 6.45) is 15.9. The zero-order valence-electron chi connectivity index (χ0n) is 23.7. The Morgan fingerprint density at radius 2 is 1.83 bits per heavy atom. The highest BCUT2D eigenvalue weighted by Crippen LogP contribution is 2.68. The molecule has 1 unspecified atom stereocenters. The Morgan fingerprint density at radius 3 is 2.53 bits per heavy atom. The van der Waals surface area contributed by atoms with Gasteiger partial charge in [0.2, 0.25) is 0 Å². The van der Waals surface area contributed by atoms with Crippen molar-refractivity contribution in [3.8, 4) is 0 Å². The Hall–Kier alpha value is -1.16. The fourth-order valence-electron chi connectivity index (χ4n) is 9.64. The Labute approximate surface area is 219 Å². The number of carbonyl (C=O) groups excluding carboxylic acids is 1. The van der Waals surface area contributed by atoms with Crippen molar-refractivity contribution in [3.63, 3.8) is 0 Å². The van der Waals surface area contributed by atoms with Crippen molar-refractivity contribution in [2.75, 3.05) is 0 Å². The van der Waals surface area contributed by atoms with Crippen molar-refractivity contribution in [2.45, 2.75) is 130 Å². The van der Waals surface area contributed by atoms with Gasteiger partial charge in [-0.25, -0.2) is 0 Å². The molecule has 0 aromatic carbocycles. The average molecular weight is 501 g/mol. The van der Waals surface area contributed by atoms with Gasteiger partial charge in [0.15, 0.2) is 0 Å². The van der Waals surface area contributed by atoms with Gasteiger partial charge >= 0.3 is 5.97 Å². The molecule has 4 aliphatic carbocycles. The lowest BCUT2D eigenvalue weighted by molar-refractivity contribution is -0.138. The molecule has 8 atom stereocenters. The smallest absolute Gasteiger partial charge is 0.303 e. The van der Waals surface area contributed by atoms with Crippen molar-refractivity contribution in [3.05, 3.63) is 11.6 Å². The Kier molecular flexibility index (Phi) is 8.16. The van der Waals surface area contributed by atoms with E-state index < -0.39 is 11.6 Å². The van der Waals surface area contributed by atoms with Crippen molar-refractivity contribution < 1.29 is 19.8 Å². The monoisotopic (exact) mass is 500 g/mol. The molecule has 2 N–H and O–H groups in total. The molecule has 0 bridgehead atoms. The Bertz CT molecular complexity index is 856. The van der Waals surface area contributed by atoms with Gasteiger partial charge in [-0.1, -0.05) is 52.2 Å². The molecule has 4 nitrogen and oxygen atoms in total. The van der Waals surface area contributed by atoms with E-state index in [1.807, 2.05) is 0 Å². The first kappa shape index (κ1) is 27.9. The molecular weight excluding hydrogens is 448 g/mol. The van der Waals surface area contributed by atoms with Crippen LogP contribution in [-0.4, -0.2) is 27.6 Å². The number of Topliss-reactive ketones (excluding diaryl/α,β-unsaturated/α-hetero) is 1. The quantitative estimate of drug-likeness (QED) is 0.303. The third-order valence-corrected chi connectivity index (χ3v) is 11.6. The van der Waals surface area contributed by atoms with Gasteiger partial charge < -0.3 is 10.2 Å². The number of hydrogen-bond acceptors (Lipinski definition) is 3. The van der Waals surface area contributed by atoms with Crippen LogP contribution >= 0.6 is 0 Å². The summed E-state index contributed by atoms with van der Waals surface area (Å²) in [4.78, 5) is 23.2. The highest BCUT2D eigenvalue weighted by atomic mass is 16.4. The second-order valence-electron chi connectivity index (χ2n) is 14.3. The molecule has 0 aromatic heterocycles. The lowest BCUT2D eigenvalue weighted by Gasteiger charge is -2.59. The molecule has 0 aliphatic heterocycles. The van der Waals surface area contributed by atoms with Crippen LogP contribution in [0.5, 0.6) is 0 Å². The number of rotatable bonds is 10. The van der Waals surface area contributed by atoms with Gasteiger partial charge in [-0.3, -0.25) is 9.59 Å². The summed E-state index contributed by atoms with van der Waals surface area (Å²) in [6.45, 7) is 11.7. The van der Waals surface area contributed by atoms with E-state index in [2.05, 4.69) is 40.7 Å². The zero-order chi connectivity index (χ0) is 26.3. The fraction of sp³-hybridized carbons (Fsp3) is 0.875. The van der Waals surface area contributed by atoms with Gasteiger partial charge in [0.25, 0.3) is 0 Å². The number of hydrogen-bond donors (Lipinski definition) is 2. The lowest BCUT2D eigenvalue weighted by atomic mass is 9.46. The molecule has 4 heteroatoms. The second kappa shape index (κ2) is 10.5. The molecule has 3 fully saturated rings. The maximum atomic E-state index is 12.4. The average Bonchev–Trinajstić information content (AvgIpc) is 3.16. The molecular formula is C32H52O4. The summed E-state index contributed by atoms with van der Waals surface area (Å²) >= 11 is 0. The van der Waals surface area contributed by atoms with Crippen molar-refractivity contribution in [1.29, 1.82) is 0 Å². The summed E-state index contributed by atoms with van der Waals surface area (Å²) in [6, 6.07) is 0. The van der Waals surface area contributed by atoms with Crippen LogP contribution in [0.4, 0.5) is 0 Å². The minimum Gasteiger partial charge on any atom is -0.481 e. The molecule has 4 rings (SSSR count). The zero-order valence-corrected chi connectivity index (χ0v) is 23.7. The number of fused-ring (bicyclic) bond motifs is 5.